The van der Waals surface area contributed by atoms with Crippen molar-refractivity contribution in [1.82, 2.24) is 9.97 Å². The molecule has 0 saturated carbocycles. The third-order valence-corrected chi connectivity index (χ3v) is 4.98. The quantitative estimate of drug-likeness (QED) is 0.773. The van der Waals surface area contributed by atoms with Crippen molar-refractivity contribution >= 4 is 44.0 Å². The number of nitrogens with one attached hydrogen (secondary N) is 1. The van der Waals surface area contributed by atoms with E-state index in [1.807, 2.05) is 18.2 Å². The lowest BCUT2D eigenvalue weighted by atomic mass is 10.2. The molecule has 0 radical (unpaired) electrons. The first-order chi connectivity index (χ1) is 9.22. The first kappa shape index (κ1) is 12.6. The number of hydrogen-bond donors (Lipinski definition) is 1. The van der Waals surface area contributed by atoms with E-state index >= 15 is 0 Å². The Kier molecular flexibility index (Phi) is 3.48. The monoisotopic (exact) mass is 333 g/mol. The molecule has 19 heavy (non-hydrogen) atoms. The molecule has 1 N–H and O–H groups in total. The van der Waals surface area contributed by atoms with E-state index in [4.69, 9.17) is 0 Å². The van der Waals surface area contributed by atoms with Gasteiger partial charge in [0.25, 0.3) is 0 Å². The first-order valence-electron chi connectivity index (χ1n) is 5.92. The van der Waals surface area contributed by atoms with Gasteiger partial charge in [0.2, 0.25) is 0 Å². The zero-order chi connectivity index (χ0) is 13.2. The van der Waals surface area contributed by atoms with Gasteiger partial charge in [0.15, 0.2) is 0 Å². The molecular weight excluding hydrogens is 322 g/mol. The standard InChI is InChI=1S/C14H12BrN3S/c1-9-12(15)7-11(19-9)8-18-10-2-3-13-14(6-10)17-5-4-16-13/h2-7,18H,8H2,1H3. The molecule has 2 heterocycles. The SMILES string of the molecule is Cc1sc(CNc2ccc3nccnc3c2)cc1Br. The molecule has 0 spiro atoms. The molecule has 0 amide bonds. The number of hydrogen-bond acceptors (Lipinski definition) is 4. The van der Waals surface area contributed by atoms with Crippen LogP contribution in [0, 0.1) is 6.92 Å². The highest BCUT2D eigenvalue weighted by atomic mass is 79.9. The summed E-state index contributed by atoms with van der Waals surface area (Å²) in [7, 11) is 0. The molecule has 2 aromatic heterocycles. The van der Waals surface area contributed by atoms with Gasteiger partial charge < -0.3 is 5.32 Å². The number of benzene rings is 1. The minimum absolute atomic E-state index is 0.822. The Labute approximate surface area is 123 Å². The Balaban J connectivity index is 1.78. The Morgan fingerprint density at radius 2 is 1.95 bits per heavy atom. The summed E-state index contributed by atoms with van der Waals surface area (Å²) < 4.78 is 1.18. The molecule has 5 heteroatoms. The van der Waals surface area contributed by atoms with Crippen molar-refractivity contribution in [3.63, 3.8) is 0 Å². The summed E-state index contributed by atoms with van der Waals surface area (Å²) >= 11 is 5.34. The van der Waals surface area contributed by atoms with Crippen LogP contribution in [0.1, 0.15) is 9.75 Å². The average molecular weight is 334 g/mol. The molecule has 0 atom stereocenters. The molecule has 3 aromatic rings. The number of nitrogens with zero attached hydrogens (tertiary/aromatic N) is 2. The van der Waals surface area contributed by atoms with E-state index in [2.05, 4.69) is 44.2 Å². The molecular formula is C14H12BrN3S. The molecule has 1 aromatic carbocycles. The van der Waals surface area contributed by atoms with Crippen LogP contribution in [0.25, 0.3) is 11.0 Å². The van der Waals surface area contributed by atoms with Gasteiger partial charge in [-0.3, -0.25) is 9.97 Å². The van der Waals surface area contributed by atoms with E-state index < -0.39 is 0 Å². The summed E-state index contributed by atoms with van der Waals surface area (Å²) in [6.07, 6.45) is 3.42. The molecule has 0 aliphatic heterocycles. The Hall–Kier alpha value is -1.46. The average Bonchev–Trinajstić information content (AvgIpc) is 2.75. The largest absolute Gasteiger partial charge is 0.380 e. The van der Waals surface area contributed by atoms with Crippen molar-refractivity contribution in [2.45, 2.75) is 13.5 Å². The summed E-state index contributed by atoms with van der Waals surface area (Å²) in [4.78, 5) is 11.2. The number of rotatable bonds is 3. The lowest BCUT2D eigenvalue weighted by Gasteiger charge is -2.05. The van der Waals surface area contributed by atoms with Crippen molar-refractivity contribution in [3.8, 4) is 0 Å². The van der Waals surface area contributed by atoms with Gasteiger partial charge in [-0.15, -0.1) is 11.3 Å². The van der Waals surface area contributed by atoms with Gasteiger partial charge in [-0.2, -0.15) is 0 Å². The van der Waals surface area contributed by atoms with Crippen LogP contribution in [0.5, 0.6) is 0 Å². The predicted molar refractivity (Wildman–Crippen MR) is 83.6 cm³/mol. The lowest BCUT2D eigenvalue weighted by molar-refractivity contribution is 1.19. The van der Waals surface area contributed by atoms with Gasteiger partial charge in [-0.1, -0.05) is 0 Å². The maximum atomic E-state index is 4.31. The smallest absolute Gasteiger partial charge is 0.0907 e. The Morgan fingerprint density at radius 3 is 2.68 bits per heavy atom. The topological polar surface area (TPSA) is 37.8 Å². The molecule has 0 saturated heterocycles. The second-order valence-corrected chi connectivity index (χ2v) is 6.43. The van der Waals surface area contributed by atoms with Crippen LogP contribution in [-0.4, -0.2) is 9.97 Å². The molecule has 0 aliphatic rings. The van der Waals surface area contributed by atoms with Crippen molar-refractivity contribution < 1.29 is 0 Å². The number of anilines is 1. The number of fused-ring (bicyclic) bond motifs is 1. The summed E-state index contributed by atoms with van der Waals surface area (Å²) in [5.74, 6) is 0. The fourth-order valence-corrected chi connectivity index (χ4v) is 3.41. The highest BCUT2D eigenvalue weighted by Crippen LogP contribution is 2.27. The van der Waals surface area contributed by atoms with E-state index in [0.29, 0.717) is 0 Å². The van der Waals surface area contributed by atoms with Gasteiger partial charge in [0, 0.05) is 38.9 Å². The minimum Gasteiger partial charge on any atom is -0.380 e. The third kappa shape index (κ3) is 2.77. The van der Waals surface area contributed by atoms with Crippen LogP contribution < -0.4 is 5.32 Å². The molecule has 0 aliphatic carbocycles. The number of aryl methyl sites for hydroxylation is 1. The van der Waals surface area contributed by atoms with Gasteiger partial charge in [-0.25, -0.2) is 0 Å². The molecule has 3 nitrogen and oxygen atoms in total. The highest BCUT2D eigenvalue weighted by Gasteiger charge is 2.03. The van der Waals surface area contributed by atoms with Crippen molar-refractivity contribution in [1.29, 1.82) is 0 Å². The van der Waals surface area contributed by atoms with Crippen LogP contribution in [0.2, 0.25) is 0 Å². The second kappa shape index (κ2) is 5.27. The Morgan fingerprint density at radius 1 is 1.16 bits per heavy atom. The second-order valence-electron chi connectivity index (χ2n) is 4.23. The lowest BCUT2D eigenvalue weighted by Crippen LogP contribution is -1.97. The van der Waals surface area contributed by atoms with Crippen molar-refractivity contribution in [3.05, 3.63) is 50.9 Å². The van der Waals surface area contributed by atoms with Gasteiger partial charge in [0.05, 0.1) is 11.0 Å². The van der Waals surface area contributed by atoms with Gasteiger partial charge in [0.1, 0.15) is 0 Å². The molecule has 0 fully saturated rings. The van der Waals surface area contributed by atoms with Crippen molar-refractivity contribution in [2.75, 3.05) is 5.32 Å². The van der Waals surface area contributed by atoms with E-state index in [-0.39, 0.29) is 0 Å². The zero-order valence-electron chi connectivity index (χ0n) is 10.4. The van der Waals surface area contributed by atoms with E-state index in [9.17, 15) is 0 Å². The van der Waals surface area contributed by atoms with E-state index in [1.165, 1.54) is 14.2 Å². The Bertz CT molecular complexity index is 704. The van der Waals surface area contributed by atoms with E-state index in [1.54, 1.807) is 23.7 Å². The summed E-state index contributed by atoms with van der Waals surface area (Å²) in [6.45, 7) is 2.94. The predicted octanol–water partition coefficient (Wildman–Crippen LogP) is 4.37. The number of thiophene rings is 1. The summed E-state index contributed by atoms with van der Waals surface area (Å²) in [6, 6.07) is 8.21. The fraction of sp³-hybridized carbons (Fsp3) is 0.143. The third-order valence-electron chi connectivity index (χ3n) is 2.84. The fourth-order valence-electron chi connectivity index (χ4n) is 1.87. The van der Waals surface area contributed by atoms with Crippen molar-refractivity contribution in [2.24, 2.45) is 0 Å². The van der Waals surface area contributed by atoms with Crippen LogP contribution in [0.4, 0.5) is 5.69 Å². The van der Waals surface area contributed by atoms with E-state index in [0.717, 1.165) is 23.3 Å². The minimum atomic E-state index is 0.822. The van der Waals surface area contributed by atoms with Crippen LogP contribution in [-0.2, 0) is 6.54 Å². The molecule has 0 bridgehead atoms. The summed E-state index contributed by atoms with van der Waals surface area (Å²) in [5.41, 5.74) is 2.90. The van der Waals surface area contributed by atoms with Gasteiger partial charge in [-0.05, 0) is 47.1 Å². The summed E-state index contributed by atoms with van der Waals surface area (Å²) in [5, 5.41) is 3.42. The molecule has 3 rings (SSSR count). The van der Waals surface area contributed by atoms with Crippen LogP contribution >= 0.6 is 27.3 Å². The number of halogens is 1. The van der Waals surface area contributed by atoms with Crippen LogP contribution in [0.15, 0.2) is 41.1 Å². The normalized spacial score (nSPS) is 10.8. The number of aromatic nitrogens is 2. The molecule has 0 unspecified atom stereocenters. The zero-order valence-corrected chi connectivity index (χ0v) is 12.8. The first-order valence-corrected chi connectivity index (χ1v) is 7.53. The maximum Gasteiger partial charge on any atom is 0.0907 e. The van der Waals surface area contributed by atoms with Crippen LogP contribution in [0.3, 0.4) is 0 Å². The molecule has 96 valence electrons. The highest BCUT2D eigenvalue weighted by molar-refractivity contribution is 9.10. The van der Waals surface area contributed by atoms with Gasteiger partial charge >= 0.3 is 0 Å². The maximum absolute atomic E-state index is 4.31.